The van der Waals surface area contributed by atoms with Crippen LogP contribution >= 0.6 is 0 Å². The largest absolute Gasteiger partial charge is 0.377 e. The summed E-state index contributed by atoms with van der Waals surface area (Å²) in [6.45, 7) is 9.18. The molecule has 1 unspecified atom stereocenters. The first kappa shape index (κ1) is 14.6. The van der Waals surface area contributed by atoms with Crippen molar-refractivity contribution >= 4 is 0 Å². The van der Waals surface area contributed by atoms with Gasteiger partial charge in [-0.25, -0.2) is 0 Å². The van der Waals surface area contributed by atoms with Crippen molar-refractivity contribution in [2.45, 2.75) is 65.1 Å². The summed E-state index contributed by atoms with van der Waals surface area (Å²) in [5.41, 5.74) is 3.05. The van der Waals surface area contributed by atoms with E-state index in [1.807, 2.05) is 0 Å². The highest BCUT2D eigenvalue weighted by Gasteiger charge is 2.19. The highest BCUT2D eigenvalue weighted by Crippen LogP contribution is 2.29. The molecule has 3 heteroatoms. The molecule has 0 fully saturated rings. The number of nitrogens with one attached hydrogen (secondary N) is 1. The summed E-state index contributed by atoms with van der Waals surface area (Å²) in [7, 11) is 0. The minimum absolute atomic E-state index is 0.322. The van der Waals surface area contributed by atoms with Gasteiger partial charge in [-0.15, -0.1) is 0 Å². The lowest BCUT2D eigenvalue weighted by atomic mass is 10.0. The van der Waals surface area contributed by atoms with E-state index in [0.717, 1.165) is 19.7 Å². The molecule has 3 nitrogen and oxygen atoms in total. The van der Waals surface area contributed by atoms with E-state index in [9.17, 15) is 0 Å². The maximum Gasteiger partial charge on any atom is 0.0648 e. The number of hydrogen-bond donors (Lipinski definition) is 1. The van der Waals surface area contributed by atoms with Crippen molar-refractivity contribution < 1.29 is 4.74 Å². The molecule has 1 N–H and O–H groups in total. The molecule has 0 saturated heterocycles. The molecule has 1 aliphatic rings. The topological polar surface area (TPSA) is 26.2 Å². The zero-order valence-corrected chi connectivity index (χ0v) is 12.6. The minimum atomic E-state index is 0.322. The predicted molar refractivity (Wildman–Crippen MR) is 79.5 cm³/mol. The molecular formula is C16H28N2O. The Hall–Kier alpha value is -0.800. The van der Waals surface area contributed by atoms with Gasteiger partial charge in [0.1, 0.15) is 0 Å². The van der Waals surface area contributed by atoms with Gasteiger partial charge < -0.3 is 14.6 Å². The van der Waals surface area contributed by atoms with Crippen LogP contribution in [0.2, 0.25) is 0 Å². The van der Waals surface area contributed by atoms with Crippen molar-refractivity contribution in [3.05, 3.63) is 23.5 Å². The number of rotatable bonds is 6. The molecule has 0 aromatic carbocycles. The second-order valence-electron chi connectivity index (χ2n) is 5.75. The molecular weight excluding hydrogens is 236 g/mol. The van der Waals surface area contributed by atoms with Gasteiger partial charge in [0.15, 0.2) is 0 Å². The first-order valence-corrected chi connectivity index (χ1v) is 7.74. The van der Waals surface area contributed by atoms with Crippen molar-refractivity contribution in [3.8, 4) is 0 Å². The average Bonchev–Trinajstić information content (AvgIpc) is 2.67. The fourth-order valence-corrected chi connectivity index (χ4v) is 2.90. The van der Waals surface area contributed by atoms with Gasteiger partial charge in [0, 0.05) is 25.0 Å². The fourth-order valence-electron chi connectivity index (χ4n) is 2.90. The lowest BCUT2D eigenvalue weighted by molar-refractivity contribution is 0.0728. The molecule has 0 aliphatic heterocycles. The molecule has 0 spiro atoms. The monoisotopic (exact) mass is 264 g/mol. The van der Waals surface area contributed by atoms with Gasteiger partial charge in [-0.05, 0) is 50.8 Å². The Balaban J connectivity index is 2.02. The second-order valence-corrected chi connectivity index (χ2v) is 5.75. The Morgan fingerprint density at radius 1 is 1.37 bits per heavy atom. The number of hydrogen-bond acceptors (Lipinski definition) is 2. The third-order valence-electron chi connectivity index (χ3n) is 3.81. The van der Waals surface area contributed by atoms with Gasteiger partial charge in [-0.2, -0.15) is 0 Å². The molecule has 1 heterocycles. The van der Waals surface area contributed by atoms with Crippen LogP contribution in [0.15, 0.2) is 12.4 Å². The molecule has 19 heavy (non-hydrogen) atoms. The van der Waals surface area contributed by atoms with Gasteiger partial charge in [0.2, 0.25) is 0 Å². The zero-order chi connectivity index (χ0) is 13.7. The van der Waals surface area contributed by atoms with E-state index >= 15 is 0 Å². The summed E-state index contributed by atoms with van der Waals surface area (Å²) in [4.78, 5) is 0. The smallest absolute Gasteiger partial charge is 0.0648 e. The lowest BCUT2D eigenvalue weighted by Gasteiger charge is -2.15. The third kappa shape index (κ3) is 4.08. The van der Waals surface area contributed by atoms with E-state index in [1.165, 1.54) is 36.8 Å². The highest BCUT2D eigenvalue weighted by molar-refractivity contribution is 5.29. The first-order valence-electron chi connectivity index (χ1n) is 7.74. The van der Waals surface area contributed by atoms with Gasteiger partial charge in [-0.3, -0.25) is 0 Å². The number of aromatic nitrogens is 1. The predicted octanol–water partition coefficient (Wildman–Crippen LogP) is 3.29. The van der Waals surface area contributed by atoms with Crippen molar-refractivity contribution in [1.82, 2.24) is 9.88 Å². The quantitative estimate of drug-likeness (QED) is 0.798. The summed E-state index contributed by atoms with van der Waals surface area (Å²) in [5, 5.41) is 3.62. The molecule has 0 bridgehead atoms. The minimum Gasteiger partial charge on any atom is -0.377 e. The van der Waals surface area contributed by atoms with E-state index in [1.54, 1.807) is 0 Å². The lowest BCUT2D eigenvalue weighted by Crippen LogP contribution is -2.20. The molecule has 1 aromatic rings. The molecule has 0 radical (unpaired) electrons. The third-order valence-corrected chi connectivity index (χ3v) is 3.81. The number of ether oxygens (including phenoxy) is 1. The first-order chi connectivity index (χ1) is 9.20. The Labute approximate surface area is 117 Å². The van der Waals surface area contributed by atoms with E-state index in [-0.39, 0.29) is 0 Å². The fraction of sp³-hybridized carbons (Fsp3) is 0.750. The summed E-state index contributed by atoms with van der Waals surface area (Å²) in [6.07, 6.45) is 10.1. The van der Waals surface area contributed by atoms with Crippen molar-refractivity contribution in [2.24, 2.45) is 0 Å². The molecule has 1 aliphatic carbocycles. The number of nitrogens with zero attached hydrogens (tertiary/aromatic N) is 1. The molecule has 1 atom stereocenters. The summed E-state index contributed by atoms with van der Waals surface area (Å²) < 4.78 is 7.95. The standard InChI is InChI=1S/C16H28N2O/c1-4-17-16-8-6-5-7-14-11-18(12-15(14)16)9-10-19-13(2)3/h11-13,16-17H,4-10H2,1-3H3. The van der Waals surface area contributed by atoms with Crippen LogP contribution in [0.1, 0.15) is 57.2 Å². The van der Waals surface area contributed by atoms with Gasteiger partial charge in [0.05, 0.1) is 12.7 Å². The van der Waals surface area contributed by atoms with Crippen LogP contribution in [0.25, 0.3) is 0 Å². The maximum absolute atomic E-state index is 5.64. The Kier molecular flexibility index (Phi) is 5.46. The SMILES string of the molecule is CCNC1CCCCc2cn(CCOC(C)C)cc21. The summed E-state index contributed by atoms with van der Waals surface area (Å²) in [5.74, 6) is 0. The normalized spacial score (nSPS) is 19.5. The molecule has 0 saturated carbocycles. The molecule has 0 amide bonds. The Bertz CT molecular complexity index is 384. The van der Waals surface area contributed by atoms with E-state index in [2.05, 4.69) is 43.0 Å². The van der Waals surface area contributed by atoms with Crippen LogP contribution in [0, 0.1) is 0 Å². The van der Waals surface area contributed by atoms with Crippen LogP contribution in [-0.2, 0) is 17.7 Å². The van der Waals surface area contributed by atoms with Crippen molar-refractivity contribution in [3.63, 3.8) is 0 Å². The van der Waals surface area contributed by atoms with Crippen molar-refractivity contribution in [2.75, 3.05) is 13.2 Å². The van der Waals surface area contributed by atoms with Crippen LogP contribution in [-0.4, -0.2) is 23.8 Å². The average molecular weight is 264 g/mol. The molecule has 2 rings (SSSR count). The molecule has 108 valence electrons. The second kappa shape index (κ2) is 7.11. The summed E-state index contributed by atoms with van der Waals surface area (Å²) in [6, 6.07) is 0.551. The van der Waals surface area contributed by atoms with E-state index in [4.69, 9.17) is 4.74 Å². The number of aryl methyl sites for hydroxylation is 1. The summed E-state index contributed by atoms with van der Waals surface area (Å²) >= 11 is 0. The van der Waals surface area contributed by atoms with E-state index < -0.39 is 0 Å². The van der Waals surface area contributed by atoms with Crippen LogP contribution in [0.5, 0.6) is 0 Å². The number of fused-ring (bicyclic) bond motifs is 1. The highest BCUT2D eigenvalue weighted by atomic mass is 16.5. The Morgan fingerprint density at radius 2 is 2.21 bits per heavy atom. The maximum atomic E-state index is 5.64. The van der Waals surface area contributed by atoms with Crippen LogP contribution in [0.4, 0.5) is 0 Å². The molecule has 1 aromatic heterocycles. The van der Waals surface area contributed by atoms with Gasteiger partial charge in [0.25, 0.3) is 0 Å². The van der Waals surface area contributed by atoms with Crippen molar-refractivity contribution in [1.29, 1.82) is 0 Å². The Morgan fingerprint density at radius 3 is 2.95 bits per heavy atom. The van der Waals surface area contributed by atoms with Gasteiger partial charge in [-0.1, -0.05) is 13.3 Å². The van der Waals surface area contributed by atoms with Gasteiger partial charge >= 0.3 is 0 Å². The van der Waals surface area contributed by atoms with Crippen LogP contribution in [0.3, 0.4) is 0 Å². The zero-order valence-electron chi connectivity index (χ0n) is 12.6. The van der Waals surface area contributed by atoms with E-state index in [0.29, 0.717) is 12.1 Å². The van der Waals surface area contributed by atoms with Crippen LogP contribution < -0.4 is 5.32 Å².